The number of hydrogen-bond donors (Lipinski definition) is 6. The largest absolute Gasteiger partial charge is 0.381 e. The SMILES string of the molecule is CC(C)NC(=O)C(C)(C)O.CC(C)NC(=O)CCN.CC(C)NC(=O)CN. The summed E-state index contributed by atoms with van der Waals surface area (Å²) in [7, 11) is 0. The molecule has 0 aromatic rings. The average molecular weight is 392 g/mol. The highest BCUT2D eigenvalue weighted by Gasteiger charge is 2.23. The fraction of sp³-hybridized carbons (Fsp3) is 0.833. The molecule has 0 aliphatic heterocycles. The number of carbonyl (C=O) groups is 3. The lowest BCUT2D eigenvalue weighted by atomic mass is 10.1. The van der Waals surface area contributed by atoms with E-state index in [0.717, 1.165) is 0 Å². The van der Waals surface area contributed by atoms with Gasteiger partial charge < -0.3 is 32.5 Å². The van der Waals surface area contributed by atoms with Crippen molar-refractivity contribution in [3.63, 3.8) is 0 Å². The van der Waals surface area contributed by atoms with Gasteiger partial charge in [-0.05, 0) is 55.4 Å². The molecule has 0 heterocycles. The predicted molar refractivity (Wildman–Crippen MR) is 109 cm³/mol. The van der Waals surface area contributed by atoms with Gasteiger partial charge in [0.05, 0.1) is 6.54 Å². The molecule has 0 saturated heterocycles. The summed E-state index contributed by atoms with van der Waals surface area (Å²) in [6, 6.07) is 0.508. The van der Waals surface area contributed by atoms with E-state index in [-0.39, 0.29) is 42.4 Å². The number of nitrogens with two attached hydrogens (primary N) is 2. The van der Waals surface area contributed by atoms with Crippen LogP contribution in [0.4, 0.5) is 0 Å². The molecule has 0 aliphatic carbocycles. The van der Waals surface area contributed by atoms with Crippen LogP contribution >= 0.6 is 0 Å². The second-order valence-electron chi connectivity index (χ2n) is 7.37. The van der Waals surface area contributed by atoms with Gasteiger partial charge in [0.2, 0.25) is 11.8 Å². The topological polar surface area (TPSA) is 160 Å². The van der Waals surface area contributed by atoms with Crippen LogP contribution in [0.1, 0.15) is 61.8 Å². The summed E-state index contributed by atoms with van der Waals surface area (Å²) in [5.74, 6) is -0.394. The third-order valence-electron chi connectivity index (χ3n) is 2.43. The van der Waals surface area contributed by atoms with Crippen LogP contribution in [-0.4, -0.2) is 59.6 Å². The minimum atomic E-state index is -1.26. The van der Waals surface area contributed by atoms with E-state index in [1.165, 1.54) is 13.8 Å². The molecule has 27 heavy (non-hydrogen) atoms. The van der Waals surface area contributed by atoms with Gasteiger partial charge >= 0.3 is 0 Å². The number of hydrogen-bond acceptors (Lipinski definition) is 6. The van der Waals surface area contributed by atoms with Crippen LogP contribution in [0.2, 0.25) is 0 Å². The zero-order valence-corrected chi connectivity index (χ0v) is 18.2. The van der Waals surface area contributed by atoms with E-state index < -0.39 is 5.60 Å². The summed E-state index contributed by atoms with van der Waals surface area (Å²) in [5.41, 5.74) is 8.89. The van der Waals surface area contributed by atoms with Gasteiger partial charge in [-0.15, -0.1) is 0 Å². The van der Waals surface area contributed by atoms with Gasteiger partial charge in [-0.2, -0.15) is 0 Å². The maximum atomic E-state index is 10.9. The number of aliphatic hydroxyl groups is 1. The van der Waals surface area contributed by atoms with Crippen LogP contribution in [0.5, 0.6) is 0 Å². The van der Waals surface area contributed by atoms with E-state index >= 15 is 0 Å². The van der Waals surface area contributed by atoms with Crippen LogP contribution in [0.3, 0.4) is 0 Å². The van der Waals surface area contributed by atoms with Gasteiger partial charge in [-0.3, -0.25) is 14.4 Å². The summed E-state index contributed by atoms with van der Waals surface area (Å²) in [4.78, 5) is 32.0. The summed E-state index contributed by atoms with van der Waals surface area (Å²) >= 11 is 0. The molecule has 0 aromatic carbocycles. The highest BCUT2D eigenvalue weighted by molar-refractivity contribution is 5.84. The van der Waals surface area contributed by atoms with Crippen molar-refractivity contribution >= 4 is 17.7 Å². The first-order chi connectivity index (χ1) is 12.2. The van der Waals surface area contributed by atoms with Crippen molar-refractivity contribution in [3.05, 3.63) is 0 Å². The van der Waals surface area contributed by atoms with Gasteiger partial charge in [-0.1, -0.05) is 0 Å². The lowest BCUT2D eigenvalue weighted by Crippen LogP contribution is -2.44. The molecule has 0 aromatic heterocycles. The standard InChI is InChI=1S/C7H15NO2.C6H14N2O.C5H12N2O/c1-5(2)8-6(9)7(3,4)10;1-5(2)8-6(9)3-4-7;1-4(2)7-5(8)3-6/h5,10H,1-4H3,(H,8,9);5H,3-4,7H2,1-2H3,(H,8,9);4H,3,6H2,1-2H3,(H,7,8). The molecule has 3 amide bonds. The van der Waals surface area contributed by atoms with Crippen molar-refractivity contribution in [2.75, 3.05) is 13.1 Å². The molecule has 9 nitrogen and oxygen atoms in total. The quantitative estimate of drug-likeness (QED) is 0.347. The molecule has 0 bridgehead atoms. The van der Waals surface area contributed by atoms with Gasteiger partial charge in [-0.25, -0.2) is 0 Å². The third-order valence-corrected chi connectivity index (χ3v) is 2.43. The smallest absolute Gasteiger partial charge is 0.251 e. The second-order valence-corrected chi connectivity index (χ2v) is 7.37. The number of amides is 3. The van der Waals surface area contributed by atoms with E-state index in [9.17, 15) is 14.4 Å². The van der Waals surface area contributed by atoms with E-state index in [4.69, 9.17) is 16.6 Å². The summed E-state index contributed by atoms with van der Waals surface area (Å²) < 4.78 is 0. The Morgan fingerprint density at radius 2 is 1.19 bits per heavy atom. The van der Waals surface area contributed by atoms with E-state index in [1.807, 2.05) is 41.5 Å². The van der Waals surface area contributed by atoms with Crippen molar-refractivity contribution < 1.29 is 19.5 Å². The average Bonchev–Trinajstić information content (AvgIpc) is 2.45. The zero-order chi connectivity index (χ0) is 22.2. The molecule has 0 rings (SSSR count). The fourth-order valence-corrected chi connectivity index (χ4v) is 1.34. The van der Waals surface area contributed by atoms with Crippen LogP contribution in [0.25, 0.3) is 0 Å². The van der Waals surface area contributed by atoms with Crippen LogP contribution in [0, 0.1) is 0 Å². The normalized spacial score (nSPS) is 10.4. The molecule has 0 aliphatic rings. The molecule has 0 spiro atoms. The van der Waals surface area contributed by atoms with Crippen molar-refractivity contribution in [3.8, 4) is 0 Å². The fourth-order valence-electron chi connectivity index (χ4n) is 1.34. The molecule has 9 heteroatoms. The van der Waals surface area contributed by atoms with E-state index in [1.54, 1.807) is 0 Å². The van der Waals surface area contributed by atoms with Gasteiger partial charge in [0.15, 0.2) is 0 Å². The number of rotatable bonds is 7. The Kier molecular flexibility index (Phi) is 18.3. The first-order valence-electron chi connectivity index (χ1n) is 9.19. The molecule has 0 radical (unpaired) electrons. The lowest BCUT2D eigenvalue weighted by Gasteiger charge is -2.18. The van der Waals surface area contributed by atoms with Gasteiger partial charge in [0, 0.05) is 31.1 Å². The van der Waals surface area contributed by atoms with Crippen molar-refractivity contribution in [2.24, 2.45) is 11.5 Å². The van der Waals surface area contributed by atoms with Gasteiger partial charge in [0.25, 0.3) is 5.91 Å². The number of nitrogens with one attached hydrogen (secondary N) is 3. The highest BCUT2D eigenvalue weighted by Crippen LogP contribution is 2.00. The van der Waals surface area contributed by atoms with Crippen LogP contribution in [0.15, 0.2) is 0 Å². The Morgan fingerprint density at radius 1 is 0.815 bits per heavy atom. The second kappa shape index (κ2) is 16.5. The molecule has 162 valence electrons. The molecule has 0 atom stereocenters. The molecule has 8 N–H and O–H groups in total. The molecular weight excluding hydrogens is 350 g/mol. The zero-order valence-electron chi connectivity index (χ0n) is 18.2. The first-order valence-corrected chi connectivity index (χ1v) is 9.19. The molecule has 0 fully saturated rings. The van der Waals surface area contributed by atoms with Gasteiger partial charge in [0.1, 0.15) is 5.60 Å². The maximum Gasteiger partial charge on any atom is 0.251 e. The third kappa shape index (κ3) is 26.6. The Labute approximate surface area is 164 Å². The predicted octanol–water partition coefficient (Wildman–Crippen LogP) is -0.389. The Hall–Kier alpha value is -1.71. The molecule has 0 unspecified atom stereocenters. The van der Waals surface area contributed by atoms with Crippen LogP contribution in [-0.2, 0) is 14.4 Å². The highest BCUT2D eigenvalue weighted by atomic mass is 16.3. The van der Waals surface area contributed by atoms with Crippen molar-refractivity contribution in [1.82, 2.24) is 16.0 Å². The molecular formula is C18H41N5O4. The Bertz CT molecular complexity index is 418. The Balaban J connectivity index is -0.000000322. The van der Waals surface area contributed by atoms with Crippen molar-refractivity contribution in [1.29, 1.82) is 0 Å². The minimum absolute atomic E-state index is 0.0347. The minimum Gasteiger partial charge on any atom is -0.381 e. The van der Waals surface area contributed by atoms with E-state index in [0.29, 0.717) is 13.0 Å². The number of carbonyl (C=O) groups excluding carboxylic acids is 3. The van der Waals surface area contributed by atoms with E-state index in [2.05, 4.69) is 16.0 Å². The summed E-state index contributed by atoms with van der Waals surface area (Å²) in [5, 5.41) is 17.1. The maximum absolute atomic E-state index is 10.9. The molecule has 0 saturated carbocycles. The lowest BCUT2D eigenvalue weighted by molar-refractivity contribution is -0.137. The van der Waals surface area contributed by atoms with Crippen LogP contribution < -0.4 is 27.4 Å². The summed E-state index contributed by atoms with van der Waals surface area (Å²) in [6.07, 6.45) is 0.429. The summed E-state index contributed by atoms with van der Waals surface area (Å²) in [6.45, 7) is 14.8. The first kappa shape index (κ1) is 30.0. The van der Waals surface area contributed by atoms with Crippen molar-refractivity contribution in [2.45, 2.75) is 85.5 Å². The monoisotopic (exact) mass is 391 g/mol. The Morgan fingerprint density at radius 3 is 1.37 bits per heavy atom.